The summed E-state index contributed by atoms with van der Waals surface area (Å²) in [7, 11) is 0. The Kier molecular flexibility index (Phi) is 2.55. The Morgan fingerprint density at radius 3 is 2.42 bits per heavy atom. The lowest BCUT2D eigenvalue weighted by Gasteiger charge is -1.96. The van der Waals surface area contributed by atoms with Crippen LogP contribution in [0.15, 0.2) is 10.0 Å². The van der Waals surface area contributed by atoms with Gasteiger partial charge >= 0.3 is 5.97 Å². The van der Waals surface area contributed by atoms with E-state index in [0.29, 0.717) is 3.94 Å². The first kappa shape index (κ1) is 10.1. The van der Waals surface area contributed by atoms with Crippen LogP contribution in [0.25, 0.3) is 0 Å². The van der Waals surface area contributed by atoms with E-state index in [4.69, 9.17) is 16.7 Å². The molecule has 0 radical (unpaired) electrons. The number of carbonyl (C=O) groups is 1. The van der Waals surface area contributed by atoms with Gasteiger partial charge in [-0.2, -0.15) is 0 Å². The maximum Gasteiger partial charge on any atom is 0.307 e. The van der Waals surface area contributed by atoms with Crippen molar-refractivity contribution >= 4 is 33.5 Å². The van der Waals surface area contributed by atoms with Crippen LogP contribution in [0.4, 0.5) is 0 Å². The van der Waals surface area contributed by atoms with Crippen molar-refractivity contribution in [3.8, 4) is 0 Å². The average Bonchev–Trinajstić information content (AvgIpc) is 2.32. The van der Waals surface area contributed by atoms with Crippen molar-refractivity contribution in [1.29, 1.82) is 0 Å². The number of halogens is 2. The minimum absolute atomic E-state index is 0.0573. The van der Waals surface area contributed by atoms with Gasteiger partial charge in [0.15, 0.2) is 0 Å². The van der Waals surface area contributed by atoms with Gasteiger partial charge in [-0.1, -0.05) is 31.5 Å². The molecule has 0 aromatic carbocycles. The maximum absolute atomic E-state index is 10.7. The molecule has 1 N–H and O–H groups in total. The summed E-state index contributed by atoms with van der Waals surface area (Å²) in [4.78, 5) is 10.7. The lowest BCUT2D eigenvalue weighted by molar-refractivity contribution is -0.139. The van der Waals surface area contributed by atoms with E-state index in [1.54, 1.807) is 6.08 Å². The van der Waals surface area contributed by atoms with Gasteiger partial charge < -0.3 is 5.11 Å². The molecule has 0 saturated heterocycles. The van der Waals surface area contributed by atoms with E-state index < -0.39 is 5.97 Å². The van der Waals surface area contributed by atoms with E-state index in [0.717, 1.165) is 0 Å². The van der Waals surface area contributed by atoms with Gasteiger partial charge in [-0.05, 0) is 27.3 Å². The Labute approximate surface area is 84.7 Å². The fraction of sp³-hybridized carbons (Fsp3) is 0.625. The minimum atomic E-state index is -0.744. The molecule has 0 aromatic rings. The summed E-state index contributed by atoms with van der Waals surface area (Å²) >= 11 is 8.67. The van der Waals surface area contributed by atoms with Crippen LogP contribution in [-0.4, -0.2) is 11.1 Å². The van der Waals surface area contributed by atoms with Gasteiger partial charge in [-0.25, -0.2) is 0 Å². The molecule has 1 rings (SSSR count). The van der Waals surface area contributed by atoms with Crippen molar-refractivity contribution in [2.24, 2.45) is 17.3 Å². The van der Waals surface area contributed by atoms with Gasteiger partial charge in [0.2, 0.25) is 0 Å². The van der Waals surface area contributed by atoms with Crippen molar-refractivity contribution in [2.45, 2.75) is 13.8 Å². The molecule has 1 aliphatic carbocycles. The molecule has 1 fully saturated rings. The first-order chi connectivity index (χ1) is 5.37. The lowest BCUT2D eigenvalue weighted by atomic mass is 10.1. The Hall–Kier alpha value is -0.0200. The monoisotopic (exact) mass is 252 g/mol. The first-order valence-electron chi connectivity index (χ1n) is 3.63. The number of allylic oxidation sites excluding steroid dienone is 1. The van der Waals surface area contributed by atoms with Crippen molar-refractivity contribution in [1.82, 2.24) is 0 Å². The van der Waals surface area contributed by atoms with Crippen LogP contribution < -0.4 is 0 Å². The molecule has 0 aromatic heterocycles. The van der Waals surface area contributed by atoms with E-state index in [2.05, 4.69) is 15.9 Å². The number of carboxylic acids is 1. The van der Waals surface area contributed by atoms with Crippen molar-refractivity contribution in [2.75, 3.05) is 0 Å². The number of aliphatic carboxylic acids is 1. The van der Waals surface area contributed by atoms with Gasteiger partial charge in [0, 0.05) is 0 Å². The van der Waals surface area contributed by atoms with E-state index >= 15 is 0 Å². The largest absolute Gasteiger partial charge is 0.481 e. The molecule has 12 heavy (non-hydrogen) atoms. The fourth-order valence-electron chi connectivity index (χ4n) is 1.60. The number of carboxylic acid groups (broad SMARTS) is 1. The Morgan fingerprint density at radius 2 is 2.17 bits per heavy atom. The summed E-state index contributed by atoms with van der Waals surface area (Å²) in [5.74, 6) is -0.975. The van der Waals surface area contributed by atoms with E-state index in [1.165, 1.54) is 0 Å². The van der Waals surface area contributed by atoms with Crippen LogP contribution in [0.5, 0.6) is 0 Å². The van der Waals surface area contributed by atoms with Crippen LogP contribution in [0.1, 0.15) is 13.8 Å². The first-order valence-corrected chi connectivity index (χ1v) is 4.80. The molecule has 1 aliphatic rings. The molecule has 4 heteroatoms. The van der Waals surface area contributed by atoms with Crippen LogP contribution in [-0.2, 0) is 4.79 Å². The van der Waals surface area contributed by atoms with Gasteiger partial charge in [0.1, 0.15) is 0 Å². The molecule has 68 valence electrons. The smallest absolute Gasteiger partial charge is 0.307 e. The number of hydrogen-bond donors (Lipinski definition) is 1. The average molecular weight is 254 g/mol. The molecule has 2 atom stereocenters. The second-order valence-electron chi connectivity index (χ2n) is 3.62. The van der Waals surface area contributed by atoms with Crippen LogP contribution in [0.3, 0.4) is 0 Å². The summed E-state index contributed by atoms with van der Waals surface area (Å²) in [6.07, 6.45) is 1.75. The highest BCUT2D eigenvalue weighted by Gasteiger charge is 2.60. The van der Waals surface area contributed by atoms with E-state index in [-0.39, 0.29) is 17.3 Å². The molecular weight excluding hydrogens is 243 g/mol. The highest BCUT2D eigenvalue weighted by Crippen LogP contribution is 2.59. The van der Waals surface area contributed by atoms with Crippen molar-refractivity contribution < 1.29 is 9.90 Å². The van der Waals surface area contributed by atoms with E-state index in [9.17, 15) is 4.79 Å². The molecular formula is C8H10BrClO2. The molecule has 1 saturated carbocycles. The second kappa shape index (κ2) is 3.04. The Morgan fingerprint density at radius 1 is 1.67 bits per heavy atom. The maximum atomic E-state index is 10.7. The van der Waals surface area contributed by atoms with Crippen LogP contribution >= 0.6 is 27.5 Å². The zero-order valence-corrected chi connectivity index (χ0v) is 9.19. The summed E-state index contributed by atoms with van der Waals surface area (Å²) in [6, 6.07) is 0. The second-order valence-corrected chi connectivity index (χ2v) is 5.34. The van der Waals surface area contributed by atoms with Crippen molar-refractivity contribution in [3.63, 3.8) is 0 Å². The third-order valence-corrected chi connectivity index (χ3v) is 2.87. The third kappa shape index (κ3) is 1.67. The predicted molar refractivity (Wildman–Crippen MR) is 51.3 cm³/mol. The molecule has 0 bridgehead atoms. The van der Waals surface area contributed by atoms with Crippen molar-refractivity contribution in [3.05, 3.63) is 10.0 Å². The number of rotatable bonds is 2. The summed E-state index contributed by atoms with van der Waals surface area (Å²) in [6.45, 7) is 3.86. The normalized spacial score (nSPS) is 33.2. The fourth-order valence-corrected chi connectivity index (χ4v) is 2.02. The SMILES string of the molecule is CC1(C)C(C=C(Cl)Br)C1C(=O)O. The van der Waals surface area contributed by atoms with E-state index in [1.807, 2.05) is 13.8 Å². The highest BCUT2D eigenvalue weighted by atomic mass is 79.9. The standard InChI is InChI=1S/C8H10BrClO2/c1-8(2)4(3-5(9)10)6(8)7(11)12/h3-4,6H,1-2H3,(H,11,12). The summed E-state index contributed by atoms with van der Waals surface area (Å²) in [5.41, 5.74) is -0.153. The molecule has 0 spiro atoms. The molecule has 0 heterocycles. The van der Waals surface area contributed by atoms with Gasteiger partial charge in [0.05, 0.1) is 9.86 Å². The lowest BCUT2D eigenvalue weighted by Crippen LogP contribution is -2.02. The Balaban J connectivity index is 2.73. The Bertz CT molecular complexity index is 243. The zero-order valence-electron chi connectivity index (χ0n) is 6.84. The number of hydrogen-bond acceptors (Lipinski definition) is 1. The molecule has 0 aliphatic heterocycles. The molecule has 2 unspecified atom stereocenters. The van der Waals surface area contributed by atoms with Gasteiger partial charge in [0.25, 0.3) is 0 Å². The van der Waals surface area contributed by atoms with Crippen LogP contribution in [0.2, 0.25) is 0 Å². The van der Waals surface area contributed by atoms with Gasteiger partial charge in [-0.3, -0.25) is 4.79 Å². The molecule has 2 nitrogen and oxygen atoms in total. The third-order valence-electron chi connectivity index (χ3n) is 2.48. The predicted octanol–water partition coefficient (Wildman–Crippen LogP) is 2.82. The van der Waals surface area contributed by atoms with Crippen LogP contribution in [0, 0.1) is 17.3 Å². The summed E-state index contributed by atoms with van der Waals surface area (Å²) < 4.78 is 0.490. The zero-order chi connectivity index (χ0) is 9.52. The minimum Gasteiger partial charge on any atom is -0.481 e. The quantitative estimate of drug-likeness (QED) is 0.822. The highest BCUT2D eigenvalue weighted by molar-refractivity contribution is 9.12. The molecule has 0 amide bonds. The topological polar surface area (TPSA) is 37.3 Å². The van der Waals surface area contributed by atoms with Gasteiger partial charge in [-0.15, -0.1) is 0 Å². The summed E-state index contributed by atoms with van der Waals surface area (Å²) in [5, 5.41) is 8.78.